The van der Waals surface area contributed by atoms with Gasteiger partial charge < -0.3 is 30.3 Å². The summed E-state index contributed by atoms with van der Waals surface area (Å²) in [7, 11) is 1.84. The Morgan fingerprint density at radius 1 is 1.09 bits per heavy atom. The van der Waals surface area contributed by atoms with Gasteiger partial charge in [-0.25, -0.2) is 18.2 Å². The Kier molecular flexibility index (Phi) is 10.2. The van der Waals surface area contributed by atoms with Gasteiger partial charge in [-0.1, -0.05) is 17.7 Å². The molecule has 0 saturated carbocycles. The molecule has 1 saturated heterocycles. The number of rotatable bonds is 4. The lowest BCUT2D eigenvalue weighted by Gasteiger charge is -2.35. The molecule has 17 heteroatoms. The molecule has 0 radical (unpaired) electrons. The number of nitrogens with one attached hydrogen (secondary N) is 2. The predicted molar refractivity (Wildman–Crippen MR) is 167 cm³/mol. The fourth-order valence-electron chi connectivity index (χ4n) is 4.76. The molecule has 5 rings (SSSR count). The lowest BCUT2D eigenvalue weighted by atomic mass is 10.00. The Morgan fingerprint density at radius 2 is 1.76 bits per heavy atom. The zero-order chi connectivity index (χ0) is 33.1. The molecule has 2 aromatic carbocycles. The number of ether oxygens (including phenoxy) is 1. The van der Waals surface area contributed by atoms with Crippen molar-refractivity contribution >= 4 is 62.1 Å². The number of piperazine rings is 1. The molecule has 45 heavy (non-hydrogen) atoms. The van der Waals surface area contributed by atoms with Crippen LogP contribution in [0.2, 0.25) is 5.02 Å². The van der Waals surface area contributed by atoms with Crippen molar-refractivity contribution < 1.29 is 36.2 Å². The zero-order valence-electron chi connectivity index (χ0n) is 24.9. The minimum absolute atomic E-state index is 0.307. The maximum absolute atomic E-state index is 12.4. The number of sulfonamides is 1. The number of fused-ring (bicyclic) bond motifs is 6. The number of hydrogen-bond donors (Lipinski definition) is 3. The highest BCUT2D eigenvalue weighted by Crippen LogP contribution is 2.38. The number of alkyl halides is 3. The minimum atomic E-state index is -5.08. The van der Waals surface area contributed by atoms with Crippen molar-refractivity contribution in [2.45, 2.75) is 19.0 Å². The summed E-state index contributed by atoms with van der Waals surface area (Å²) in [5.41, 5.74) is 5.23. The van der Waals surface area contributed by atoms with Gasteiger partial charge in [0.15, 0.2) is 5.82 Å². The summed E-state index contributed by atoms with van der Waals surface area (Å²) in [4.78, 5) is 22.6. The third-order valence-corrected chi connectivity index (χ3v) is 8.78. The average molecular weight is 672 g/mol. The van der Waals surface area contributed by atoms with Crippen LogP contribution in [0.4, 0.5) is 47.7 Å². The van der Waals surface area contributed by atoms with Crippen LogP contribution in [0, 0.1) is 0 Å². The summed E-state index contributed by atoms with van der Waals surface area (Å²) >= 11 is 6.45. The van der Waals surface area contributed by atoms with E-state index in [4.69, 9.17) is 26.2 Å². The summed E-state index contributed by atoms with van der Waals surface area (Å²) in [6.07, 6.45) is -0.872. The molecule has 0 amide bonds. The molecule has 244 valence electrons. The number of nitrogens with zero attached hydrogens (tertiary/aromatic N) is 5. The second kappa shape index (κ2) is 13.5. The smallest absolute Gasteiger partial charge is 0.490 e. The van der Waals surface area contributed by atoms with E-state index in [1.165, 1.54) is 29.4 Å². The van der Waals surface area contributed by atoms with E-state index in [0.717, 1.165) is 56.0 Å². The maximum atomic E-state index is 12.4. The quantitative estimate of drug-likeness (QED) is 0.361. The largest absolute Gasteiger partial charge is 0.494 e. The van der Waals surface area contributed by atoms with E-state index in [9.17, 15) is 21.6 Å². The highest BCUT2D eigenvalue weighted by molar-refractivity contribution is 7.92. The topological polar surface area (TPSA) is 140 Å². The fraction of sp³-hybridized carbons (Fsp3) is 0.393. The van der Waals surface area contributed by atoms with Gasteiger partial charge in [-0.3, -0.25) is 4.31 Å². The first-order valence-electron chi connectivity index (χ1n) is 13.6. The molecule has 3 aromatic rings. The number of carboxylic acids is 1. The zero-order valence-corrected chi connectivity index (χ0v) is 26.5. The van der Waals surface area contributed by atoms with Crippen molar-refractivity contribution in [2.75, 3.05) is 73.5 Å². The molecule has 1 aromatic heterocycles. The van der Waals surface area contributed by atoms with Gasteiger partial charge in [0.2, 0.25) is 16.0 Å². The summed E-state index contributed by atoms with van der Waals surface area (Å²) in [6.45, 7) is 3.86. The van der Waals surface area contributed by atoms with E-state index >= 15 is 0 Å². The first-order chi connectivity index (χ1) is 21.1. The van der Waals surface area contributed by atoms with E-state index < -0.39 is 22.2 Å². The maximum Gasteiger partial charge on any atom is 0.490 e. The number of carbonyl (C=O) groups is 1. The van der Waals surface area contributed by atoms with Crippen LogP contribution in [0.3, 0.4) is 0 Å². The van der Waals surface area contributed by atoms with E-state index in [1.807, 2.05) is 18.2 Å². The van der Waals surface area contributed by atoms with Crippen molar-refractivity contribution in [1.29, 1.82) is 0 Å². The number of aryl methyl sites for hydroxylation is 2. The van der Waals surface area contributed by atoms with Gasteiger partial charge >= 0.3 is 12.1 Å². The number of methoxy groups -OCH3 is 1. The first-order valence-corrected chi connectivity index (χ1v) is 15.9. The van der Waals surface area contributed by atoms with Crippen LogP contribution in [-0.2, 0) is 27.7 Å². The monoisotopic (exact) mass is 671 g/mol. The van der Waals surface area contributed by atoms with E-state index in [2.05, 4.69) is 49.6 Å². The van der Waals surface area contributed by atoms with Gasteiger partial charge in [0, 0.05) is 45.0 Å². The molecule has 6 bridgehead atoms. The Labute approximate surface area is 263 Å². The molecule has 0 aliphatic carbocycles. The number of halogens is 4. The lowest BCUT2D eigenvalue weighted by molar-refractivity contribution is -0.192. The molecule has 0 unspecified atom stereocenters. The summed E-state index contributed by atoms with van der Waals surface area (Å²) in [5, 5.41) is 14.0. The molecule has 0 atom stereocenters. The van der Waals surface area contributed by atoms with Crippen molar-refractivity contribution in [2.24, 2.45) is 0 Å². The number of aliphatic carboxylic acids is 1. The van der Waals surface area contributed by atoms with Crippen molar-refractivity contribution in [3.63, 3.8) is 0 Å². The van der Waals surface area contributed by atoms with E-state index in [1.54, 1.807) is 7.11 Å². The Hall–Kier alpha value is -4.02. The van der Waals surface area contributed by atoms with Crippen LogP contribution in [0.25, 0.3) is 0 Å². The molecule has 0 spiro atoms. The Morgan fingerprint density at radius 3 is 2.36 bits per heavy atom. The summed E-state index contributed by atoms with van der Waals surface area (Å²) in [5.74, 6) is -1.37. The number of likely N-dealkylation sites (N-methyl/N-ethyl adjacent to an activating group) is 1. The van der Waals surface area contributed by atoms with Crippen molar-refractivity contribution in [3.8, 4) is 5.75 Å². The van der Waals surface area contributed by atoms with Crippen molar-refractivity contribution in [3.05, 3.63) is 52.7 Å². The van der Waals surface area contributed by atoms with Crippen LogP contribution in [0.5, 0.6) is 5.75 Å². The molecular formula is C28H33ClF3N7O5S. The lowest BCUT2D eigenvalue weighted by Crippen LogP contribution is -2.44. The summed E-state index contributed by atoms with van der Waals surface area (Å²) < 4.78 is 63.5. The number of hydrogen-bond acceptors (Lipinski definition) is 10. The second-order valence-electron chi connectivity index (χ2n) is 10.5. The highest BCUT2D eigenvalue weighted by Gasteiger charge is 2.38. The standard InChI is InChI=1S/C26H32ClN7O3S.C2HF3O2/c1-32-9-11-34(12-10-32)23-15-24(37-3)21-14-18(23)7-5-17-6-8-22(33(2)38(4,35)36)20(13-17)29-25-19(27)16-28-26(30-21)31-25;3-2(4,5)1(6)7/h6,8,13-16H,5,7,9-12H2,1-4H3,(H2,28,29,30,31);(H,6,7). The number of anilines is 6. The third-order valence-electron chi connectivity index (χ3n) is 7.31. The SMILES string of the molecule is COc1cc(N2CCN(C)CC2)c2cc1Nc1ncc(Cl)c(n1)Nc1cc(ccc1N(C)S(C)(=O)=O)CC2.O=C(O)C(F)(F)F. The summed E-state index contributed by atoms with van der Waals surface area (Å²) in [6, 6.07) is 9.94. The predicted octanol–water partition coefficient (Wildman–Crippen LogP) is 4.51. The Balaban J connectivity index is 0.000000591. The van der Waals surface area contributed by atoms with Gasteiger partial charge in [-0.2, -0.15) is 18.2 Å². The van der Waals surface area contributed by atoms with Gasteiger partial charge in [-0.05, 0) is 49.2 Å². The van der Waals surface area contributed by atoms with Crippen LogP contribution < -0.4 is 24.6 Å². The molecule has 2 aliphatic rings. The van der Waals surface area contributed by atoms with Crippen molar-refractivity contribution in [1.82, 2.24) is 14.9 Å². The van der Waals surface area contributed by atoms with Gasteiger partial charge in [0.1, 0.15) is 10.8 Å². The molecule has 1 fully saturated rings. The van der Waals surface area contributed by atoms with Crippen LogP contribution in [0.15, 0.2) is 36.5 Å². The Bertz CT molecular complexity index is 1670. The number of benzene rings is 2. The molecule has 2 aliphatic heterocycles. The van der Waals surface area contributed by atoms with Crippen LogP contribution >= 0.6 is 11.6 Å². The normalized spacial score (nSPS) is 15.2. The molecule has 3 N–H and O–H groups in total. The minimum Gasteiger partial charge on any atom is -0.494 e. The highest BCUT2D eigenvalue weighted by atomic mass is 35.5. The third kappa shape index (κ3) is 8.38. The fourth-order valence-corrected chi connectivity index (χ4v) is 5.41. The molecule has 3 heterocycles. The number of aromatic nitrogens is 2. The average Bonchev–Trinajstić information content (AvgIpc) is 2.97. The van der Waals surface area contributed by atoms with Gasteiger partial charge in [0.05, 0.1) is 36.6 Å². The molecule has 12 nitrogen and oxygen atoms in total. The van der Waals surface area contributed by atoms with Crippen LogP contribution in [-0.4, -0.2) is 94.2 Å². The second-order valence-corrected chi connectivity index (χ2v) is 12.9. The van der Waals surface area contributed by atoms with Gasteiger partial charge in [0.25, 0.3) is 0 Å². The van der Waals surface area contributed by atoms with Gasteiger partial charge in [-0.15, -0.1) is 0 Å². The van der Waals surface area contributed by atoms with E-state index in [-0.39, 0.29) is 0 Å². The first kappa shape index (κ1) is 33.9. The number of carboxylic acid groups (broad SMARTS) is 1. The van der Waals surface area contributed by atoms with Crippen LogP contribution in [0.1, 0.15) is 11.1 Å². The molecular weight excluding hydrogens is 639 g/mol. The van der Waals surface area contributed by atoms with E-state index in [0.29, 0.717) is 33.9 Å².